The Hall–Kier alpha value is -2.33. The Morgan fingerprint density at radius 1 is 0.963 bits per heavy atom. The number of benzene rings is 2. The van der Waals surface area contributed by atoms with Crippen molar-refractivity contribution in [2.45, 2.75) is 52.8 Å². The second kappa shape index (κ2) is 10.1. The maximum absolute atomic E-state index is 12.9. The molecule has 4 nitrogen and oxygen atoms in total. The van der Waals surface area contributed by atoms with Gasteiger partial charge in [0.25, 0.3) is 5.91 Å². The maximum atomic E-state index is 12.9. The molecule has 0 saturated heterocycles. The van der Waals surface area contributed by atoms with Crippen molar-refractivity contribution in [3.63, 3.8) is 0 Å². The highest BCUT2D eigenvalue weighted by molar-refractivity contribution is 5.82. The summed E-state index contributed by atoms with van der Waals surface area (Å²) in [5.74, 6) is 0.574. The quantitative estimate of drug-likeness (QED) is 0.715. The summed E-state index contributed by atoms with van der Waals surface area (Å²) in [6.07, 6.45) is -0.666. The fourth-order valence-electron chi connectivity index (χ4n) is 3.17. The van der Waals surface area contributed by atoms with Crippen molar-refractivity contribution in [2.75, 3.05) is 13.1 Å². The fourth-order valence-corrected chi connectivity index (χ4v) is 3.17. The molecule has 0 bridgehead atoms. The largest absolute Gasteiger partial charge is 0.476 e. The Balaban J connectivity index is 2.06. The molecular formula is C23H32N2O2. The van der Waals surface area contributed by atoms with Gasteiger partial charge in [-0.25, -0.2) is 0 Å². The molecule has 2 rings (SSSR count). The van der Waals surface area contributed by atoms with Crippen molar-refractivity contribution in [1.82, 2.24) is 10.2 Å². The Bertz CT molecular complexity index is 688. The Morgan fingerprint density at radius 3 is 2.11 bits per heavy atom. The van der Waals surface area contributed by atoms with Crippen LogP contribution in [0.2, 0.25) is 0 Å². The SMILES string of the molecule is Cc1ccc(O[C@@H](C(=O)NCCN(C(C)C)C(C)C)c2ccccc2)cc1. The molecule has 0 aliphatic heterocycles. The molecule has 0 aliphatic rings. The third-order valence-electron chi connectivity index (χ3n) is 4.61. The molecule has 0 fully saturated rings. The first-order valence-corrected chi connectivity index (χ1v) is 9.70. The number of ether oxygens (including phenoxy) is 1. The minimum absolute atomic E-state index is 0.116. The number of amides is 1. The smallest absolute Gasteiger partial charge is 0.265 e. The summed E-state index contributed by atoms with van der Waals surface area (Å²) in [7, 11) is 0. The molecule has 1 atom stereocenters. The van der Waals surface area contributed by atoms with Gasteiger partial charge in [0.15, 0.2) is 0 Å². The molecule has 27 heavy (non-hydrogen) atoms. The number of rotatable bonds is 9. The lowest BCUT2D eigenvalue weighted by Gasteiger charge is -2.30. The third-order valence-corrected chi connectivity index (χ3v) is 4.61. The zero-order chi connectivity index (χ0) is 19.8. The summed E-state index contributed by atoms with van der Waals surface area (Å²) in [5.41, 5.74) is 2.01. The molecule has 0 saturated carbocycles. The number of carbonyl (C=O) groups is 1. The highest BCUT2D eigenvalue weighted by Gasteiger charge is 2.23. The van der Waals surface area contributed by atoms with Crippen molar-refractivity contribution in [3.05, 3.63) is 65.7 Å². The lowest BCUT2D eigenvalue weighted by atomic mass is 10.1. The van der Waals surface area contributed by atoms with Crippen molar-refractivity contribution >= 4 is 5.91 Å². The van der Waals surface area contributed by atoms with E-state index < -0.39 is 6.10 Å². The molecule has 1 N–H and O–H groups in total. The molecule has 146 valence electrons. The molecule has 0 radical (unpaired) electrons. The minimum atomic E-state index is -0.666. The van der Waals surface area contributed by atoms with Crippen LogP contribution < -0.4 is 10.1 Å². The van der Waals surface area contributed by atoms with Gasteiger partial charge in [0.2, 0.25) is 6.10 Å². The Morgan fingerprint density at radius 2 is 1.56 bits per heavy atom. The lowest BCUT2D eigenvalue weighted by Crippen LogP contribution is -2.43. The zero-order valence-electron chi connectivity index (χ0n) is 17.1. The summed E-state index contributed by atoms with van der Waals surface area (Å²) in [5, 5.41) is 3.05. The summed E-state index contributed by atoms with van der Waals surface area (Å²) < 4.78 is 6.04. The second-order valence-corrected chi connectivity index (χ2v) is 7.44. The van der Waals surface area contributed by atoms with Gasteiger partial charge < -0.3 is 10.1 Å². The van der Waals surface area contributed by atoms with Crippen LogP contribution in [0.25, 0.3) is 0 Å². The molecule has 0 aliphatic carbocycles. The van der Waals surface area contributed by atoms with Crippen LogP contribution in [-0.2, 0) is 4.79 Å². The fraction of sp³-hybridized carbons (Fsp3) is 0.435. The van der Waals surface area contributed by atoms with E-state index in [0.717, 1.165) is 17.7 Å². The van der Waals surface area contributed by atoms with Crippen LogP contribution in [0.3, 0.4) is 0 Å². The average Bonchev–Trinajstić information content (AvgIpc) is 2.64. The predicted octanol–water partition coefficient (Wildman–Crippen LogP) is 4.35. The van der Waals surface area contributed by atoms with Crippen molar-refractivity contribution < 1.29 is 9.53 Å². The van der Waals surface area contributed by atoms with Gasteiger partial charge in [0.1, 0.15) is 5.75 Å². The molecule has 0 spiro atoms. The summed E-state index contributed by atoms with van der Waals surface area (Å²) in [6.45, 7) is 12.1. The van der Waals surface area contributed by atoms with E-state index in [1.165, 1.54) is 0 Å². The first-order chi connectivity index (χ1) is 12.9. The summed E-state index contributed by atoms with van der Waals surface area (Å²) >= 11 is 0. The number of nitrogens with zero attached hydrogens (tertiary/aromatic N) is 1. The number of aryl methyl sites for hydroxylation is 1. The Kier molecular flexibility index (Phi) is 7.86. The first kappa shape index (κ1) is 21.0. The van der Waals surface area contributed by atoms with Crippen molar-refractivity contribution in [2.24, 2.45) is 0 Å². The summed E-state index contributed by atoms with van der Waals surface area (Å²) in [4.78, 5) is 15.2. The standard InChI is InChI=1S/C23H32N2O2/c1-17(2)25(18(3)4)16-15-24-23(26)22(20-9-7-6-8-10-20)27-21-13-11-19(5)12-14-21/h6-14,17-18,22H,15-16H2,1-5H3,(H,24,26)/t22-/m1/s1. The summed E-state index contributed by atoms with van der Waals surface area (Å²) in [6, 6.07) is 18.3. The van der Waals surface area contributed by atoms with Crippen LogP contribution in [0.15, 0.2) is 54.6 Å². The van der Waals surface area contributed by atoms with Gasteiger partial charge >= 0.3 is 0 Å². The third kappa shape index (κ3) is 6.40. The number of hydrogen-bond acceptors (Lipinski definition) is 3. The van der Waals surface area contributed by atoms with Gasteiger partial charge in [-0.1, -0.05) is 48.0 Å². The second-order valence-electron chi connectivity index (χ2n) is 7.44. The van der Waals surface area contributed by atoms with Crippen molar-refractivity contribution in [3.8, 4) is 5.75 Å². The maximum Gasteiger partial charge on any atom is 0.265 e. The monoisotopic (exact) mass is 368 g/mol. The normalized spacial score (nSPS) is 12.4. The van der Waals surface area contributed by atoms with E-state index in [-0.39, 0.29) is 5.91 Å². The molecule has 0 aromatic heterocycles. The van der Waals surface area contributed by atoms with Crippen LogP contribution in [-0.4, -0.2) is 36.0 Å². The van der Waals surface area contributed by atoms with Crippen molar-refractivity contribution in [1.29, 1.82) is 0 Å². The molecular weight excluding hydrogens is 336 g/mol. The van der Waals surface area contributed by atoms with E-state index in [0.29, 0.717) is 24.4 Å². The van der Waals surface area contributed by atoms with E-state index in [1.807, 2.05) is 61.5 Å². The highest BCUT2D eigenvalue weighted by Crippen LogP contribution is 2.22. The van der Waals surface area contributed by atoms with E-state index in [2.05, 4.69) is 37.9 Å². The van der Waals surface area contributed by atoms with Crippen LogP contribution in [0.1, 0.15) is 44.9 Å². The van der Waals surface area contributed by atoms with Crippen LogP contribution in [0.5, 0.6) is 5.75 Å². The Labute approximate surface area is 163 Å². The van der Waals surface area contributed by atoms with Gasteiger partial charge in [-0.2, -0.15) is 0 Å². The van der Waals surface area contributed by atoms with Crippen LogP contribution >= 0.6 is 0 Å². The molecule has 4 heteroatoms. The molecule has 2 aromatic rings. The van der Waals surface area contributed by atoms with Crippen LogP contribution in [0, 0.1) is 6.92 Å². The highest BCUT2D eigenvalue weighted by atomic mass is 16.5. The number of carbonyl (C=O) groups excluding carboxylic acids is 1. The average molecular weight is 369 g/mol. The van der Waals surface area contributed by atoms with Crippen LogP contribution in [0.4, 0.5) is 0 Å². The molecule has 1 amide bonds. The van der Waals surface area contributed by atoms with E-state index in [9.17, 15) is 4.79 Å². The number of nitrogens with one attached hydrogen (secondary N) is 1. The lowest BCUT2D eigenvalue weighted by molar-refractivity contribution is -0.128. The van der Waals surface area contributed by atoms with Gasteiger partial charge in [-0.3, -0.25) is 9.69 Å². The van der Waals surface area contributed by atoms with E-state index in [4.69, 9.17) is 4.74 Å². The zero-order valence-corrected chi connectivity index (χ0v) is 17.1. The van der Waals surface area contributed by atoms with Gasteiger partial charge in [-0.15, -0.1) is 0 Å². The van der Waals surface area contributed by atoms with Gasteiger partial charge in [0.05, 0.1) is 0 Å². The molecule has 2 aromatic carbocycles. The topological polar surface area (TPSA) is 41.6 Å². The molecule has 0 heterocycles. The number of hydrogen-bond donors (Lipinski definition) is 1. The first-order valence-electron chi connectivity index (χ1n) is 9.70. The minimum Gasteiger partial charge on any atom is -0.476 e. The van der Waals surface area contributed by atoms with Gasteiger partial charge in [0, 0.05) is 30.7 Å². The van der Waals surface area contributed by atoms with E-state index in [1.54, 1.807) is 0 Å². The predicted molar refractivity (Wildman–Crippen MR) is 111 cm³/mol. The molecule has 0 unspecified atom stereocenters. The van der Waals surface area contributed by atoms with E-state index >= 15 is 0 Å². The van der Waals surface area contributed by atoms with Gasteiger partial charge in [-0.05, 0) is 46.8 Å².